The van der Waals surface area contributed by atoms with Crippen molar-refractivity contribution in [1.82, 2.24) is 5.32 Å². The lowest BCUT2D eigenvalue weighted by molar-refractivity contribution is -0.148. The molecule has 0 aromatic rings. The number of carbonyl (C=O) groups excluding carboxylic acids is 2. The average molecular weight is 314 g/mol. The van der Waals surface area contributed by atoms with Crippen LogP contribution < -0.4 is 5.32 Å². The topological polar surface area (TPSA) is 88.4 Å². The van der Waals surface area contributed by atoms with E-state index in [1.54, 1.807) is 30.8 Å². The van der Waals surface area contributed by atoms with E-state index in [2.05, 4.69) is 16.1 Å². The van der Waals surface area contributed by atoms with Gasteiger partial charge < -0.3 is 14.8 Å². The van der Waals surface area contributed by atoms with Crippen molar-refractivity contribution < 1.29 is 19.1 Å². The van der Waals surface area contributed by atoms with Gasteiger partial charge in [-0.15, -0.1) is 0 Å². The van der Waals surface area contributed by atoms with Gasteiger partial charge in [-0.2, -0.15) is 17.0 Å². The predicted molar refractivity (Wildman–Crippen MR) is 81.8 cm³/mol. The molecule has 6 nitrogen and oxygen atoms in total. The fourth-order valence-electron chi connectivity index (χ4n) is 1.69. The lowest BCUT2D eigenvalue weighted by Crippen LogP contribution is -2.55. The van der Waals surface area contributed by atoms with Crippen molar-refractivity contribution in [3.05, 3.63) is 12.2 Å². The molecule has 0 aromatic carbocycles. The normalized spacial score (nSPS) is 14.8. The summed E-state index contributed by atoms with van der Waals surface area (Å²) in [5.41, 5.74) is -1.18. The second-order valence-electron chi connectivity index (χ2n) is 4.48. The Balaban J connectivity index is 5.24. The zero-order chi connectivity index (χ0) is 16.3. The Hall–Kier alpha value is -1.68. The molecule has 0 fully saturated rings. The van der Waals surface area contributed by atoms with Gasteiger partial charge in [-0.3, -0.25) is 0 Å². The number of rotatable bonds is 8. The number of hydrogen-bond donors (Lipinski definition) is 1. The summed E-state index contributed by atoms with van der Waals surface area (Å²) in [7, 11) is 2.51. The van der Waals surface area contributed by atoms with E-state index in [4.69, 9.17) is 10.00 Å². The maximum atomic E-state index is 12.1. The number of amides is 1. The van der Waals surface area contributed by atoms with Crippen molar-refractivity contribution in [3.8, 4) is 6.07 Å². The molecule has 0 aromatic heterocycles. The number of allylic oxidation sites excluding steroid dienone is 1. The highest BCUT2D eigenvalue weighted by molar-refractivity contribution is 7.98. The lowest BCUT2D eigenvalue weighted by Gasteiger charge is -2.30. The van der Waals surface area contributed by atoms with Crippen LogP contribution in [0.5, 0.6) is 0 Å². The molecule has 2 atom stereocenters. The predicted octanol–water partition coefficient (Wildman–Crippen LogP) is 2.11. The van der Waals surface area contributed by atoms with Crippen LogP contribution in [-0.2, 0) is 14.3 Å². The molecule has 0 aliphatic heterocycles. The summed E-state index contributed by atoms with van der Waals surface area (Å²) in [6, 6.07) is 2.07. The highest BCUT2D eigenvalue weighted by Crippen LogP contribution is 2.21. The number of thioether (sulfide) groups is 1. The molecule has 2 unspecified atom stereocenters. The molecule has 0 heterocycles. The number of alkyl carbamates (subject to hydrolysis) is 1. The van der Waals surface area contributed by atoms with Crippen LogP contribution in [0.25, 0.3) is 0 Å². The molecule has 7 heteroatoms. The van der Waals surface area contributed by atoms with E-state index in [1.165, 1.54) is 14.2 Å². The molecule has 0 radical (unpaired) electrons. The van der Waals surface area contributed by atoms with E-state index in [1.807, 2.05) is 6.26 Å². The monoisotopic (exact) mass is 314 g/mol. The van der Waals surface area contributed by atoms with Crippen molar-refractivity contribution in [2.75, 3.05) is 26.2 Å². The SMILES string of the molecule is COC(=O)NC(C/C=C/C(C)C#N)(CCSC)C(=O)OC. The Morgan fingerprint density at radius 2 is 2.10 bits per heavy atom. The van der Waals surface area contributed by atoms with Crippen LogP contribution in [0.1, 0.15) is 19.8 Å². The Kier molecular flexibility index (Phi) is 9.30. The minimum absolute atomic E-state index is 0.237. The molecule has 0 saturated heterocycles. The first-order valence-electron chi connectivity index (χ1n) is 6.45. The number of methoxy groups -OCH3 is 2. The third kappa shape index (κ3) is 6.54. The van der Waals surface area contributed by atoms with E-state index in [-0.39, 0.29) is 12.3 Å². The Morgan fingerprint density at radius 3 is 2.57 bits per heavy atom. The number of ether oxygens (including phenoxy) is 2. The summed E-state index contributed by atoms with van der Waals surface area (Å²) >= 11 is 1.56. The zero-order valence-electron chi connectivity index (χ0n) is 12.8. The van der Waals surface area contributed by atoms with Crippen LogP contribution in [0.2, 0.25) is 0 Å². The molecule has 1 N–H and O–H groups in total. The molecule has 0 bridgehead atoms. The Labute approximate surface area is 129 Å². The van der Waals surface area contributed by atoms with Crippen LogP contribution in [0.4, 0.5) is 4.79 Å². The second-order valence-corrected chi connectivity index (χ2v) is 5.47. The van der Waals surface area contributed by atoms with Crippen LogP contribution >= 0.6 is 11.8 Å². The first-order chi connectivity index (χ1) is 9.95. The summed E-state index contributed by atoms with van der Waals surface area (Å²) in [4.78, 5) is 23.7. The Bertz CT molecular complexity index is 420. The van der Waals surface area contributed by atoms with Gasteiger partial charge in [-0.05, 0) is 31.8 Å². The van der Waals surface area contributed by atoms with Gasteiger partial charge in [0.25, 0.3) is 0 Å². The molecule has 0 spiro atoms. The van der Waals surface area contributed by atoms with Gasteiger partial charge in [-0.1, -0.05) is 12.2 Å². The van der Waals surface area contributed by atoms with Crippen molar-refractivity contribution in [3.63, 3.8) is 0 Å². The van der Waals surface area contributed by atoms with E-state index in [0.29, 0.717) is 12.2 Å². The highest BCUT2D eigenvalue weighted by atomic mass is 32.2. The van der Waals surface area contributed by atoms with E-state index >= 15 is 0 Å². The minimum Gasteiger partial charge on any atom is -0.467 e. The molecule has 1 amide bonds. The lowest BCUT2D eigenvalue weighted by atomic mass is 9.91. The fraction of sp³-hybridized carbons (Fsp3) is 0.643. The molecule has 0 rings (SSSR count). The summed E-state index contributed by atoms with van der Waals surface area (Å²) in [6.07, 6.45) is 5.26. The molecular weight excluding hydrogens is 292 g/mol. The summed E-state index contributed by atoms with van der Waals surface area (Å²) in [5, 5.41) is 11.3. The van der Waals surface area contributed by atoms with Gasteiger partial charge >= 0.3 is 12.1 Å². The molecular formula is C14H22N2O4S. The smallest absolute Gasteiger partial charge is 0.407 e. The van der Waals surface area contributed by atoms with E-state index < -0.39 is 17.6 Å². The Morgan fingerprint density at radius 1 is 1.43 bits per heavy atom. The van der Waals surface area contributed by atoms with E-state index in [0.717, 1.165) is 0 Å². The quantitative estimate of drug-likeness (QED) is 0.545. The van der Waals surface area contributed by atoms with Gasteiger partial charge in [0.15, 0.2) is 0 Å². The number of nitrogens with one attached hydrogen (secondary N) is 1. The van der Waals surface area contributed by atoms with Gasteiger partial charge in [0, 0.05) is 0 Å². The molecule has 21 heavy (non-hydrogen) atoms. The molecule has 118 valence electrons. The van der Waals surface area contributed by atoms with Crippen LogP contribution in [-0.4, -0.2) is 43.8 Å². The number of nitrogens with zero attached hydrogens (tertiary/aromatic N) is 1. The van der Waals surface area contributed by atoms with Gasteiger partial charge in [0.1, 0.15) is 5.54 Å². The van der Waals surface area contributed by atoms with Crippen LogP contribution in [0, 0.1) is 17.2 Å². The standard InChI is InChI=1S/C14H22N2O4S/c1-11(10-15)6-5-7-14(8-9-21-4,12(17)19-2)16-13(18)20-3/h5-6,11H,7-9H2,1-4H3,(H,16,18)/b6-5+. The van der Waals surface area contributed by atoms with Gasteiger partial charge in [0.2, 0.25) is 0 Å². The molecule has 0 aliphatic carbocycles. The molecule has 0 aliphatic rings. The maximum absolute atomic E-state index is 12.1. The highest BCUT2D eigenvalue weighted by Gasteiger charge is 2.40. The first kappa shape index (κ1) is 19.3. The fourth-order valence-corrected chi connectivity index (χ4v) is 2.24. The van der Waals surface area contributed by atoms with Gasteiger partial charge in [-0.25, -0.2) is 9.59 Å². The first-order valence-corrected chi connectivity index (χ1v) is 7.85. The number of esters is 1. The minimum atomic E-state index is -1.18. The van der Waals surface area contributed by atoms with Crippen LogP contribution in [0.3, 0.4) is 0 Å². The third-order valence-corrected chi connectivity index (χ3v) is 3.54. The number of hydrogen-bond acceptors (Lipinski definition) is 6. The van der Waals surface area contributed by atoms with Crippen molar-refractivity contribution >= 4 is 23.8 Å². The molecule has 0 saturated carbocycles. The number of carbonyl (C=O) groups is 2. The largest absolute Gasteiger partial charge is 0.467 e. The zero-order valence-corrected chi connectivity index (χ0v) is 13.7. The maximum Gasteiger partial charge on any atom is 0.407 e. The van der Waals surface area contributed by atoms with E-state index in [9.17, 15) is 9.59 Å². The van der Waals surface area contributed by atoms with Gasteiger partial charge in [0.05, 0.1) is 26.2 Å². The van der Waals surface area contributed by atoms with Crippen molar-refractivity contribution in [2.24, 2.45) is 5.92 Å². The number of nitriles is 1. The summed E-state index contributed by atoms with van der Waals surface area (Å²) < 4.78 is 9.41. The third-order valence-electron chi connectivity index (χ3n) is 2.93. The summed E-state index contributed by atoms with van der Waals surface area (Å²) in [5.74, 6) is -0.129. The second kappa shape index (κ2) is 10.1. The van der Waals surface area contributed by atoms with Crippen LogP contribution in [0.15, 0.2) is 12.2 Å². The van der Waals surface area contributed by atoms with Crippen molar-refractivity contribution in [2.45, 2.75) is 25.3 Å². The summed E-state index contributed by atoms with van der Waals surface area (Å²) in [6.45, 7) is 1.74. The van der Waals surface area contributed by atoms with Crippen molar-refractivity contribution in [1.29, 1.82) is 5.26 Å². The average Bonchev–Trinajstić information content (AvgIpc) is 2.50.